The molecule has 1 N–H and O–H groups in total. The zero-order valence-electron chi connectivity index (χ0n) is 10.2. The predicted octanol–water partition coefficient (Wildman–Crippen LogP) is 2.83. The van der Waals surface area contributed by atoms with Crippen molar-refractivity contribution in [3.8, 4) is 11.5 Å². The highest BCUT2D eigenvalue weighted by molar-refractivity contribution is 9.10. The van der Waals surface area contributed by atoms with Gasteiger partial charge in [-0.3, -0.25) is 0 Å². The minimum atomic E-state index is -4.41. The Morgan fingerprint density at radius 3 is 2.45 bits per heavy atom. The van der Waals surface area contributed by atoms with Crippen LogP contribution < -0.4 is 9.47 Å². The van der Waals surface area contributed by atoms with E-state index in [4.69, 9.17) is 9.47 Å². The molecule has 1 heterocycles. The molecule has 1 atom stereocenters. The smallest absolute Gasteiger partial charge is 0.411 e. The van der Waals surface area contributed by atoms with Crippen molar-refractivity contribution in [2.45, 2.75) is 12.3 Å². The number of ether oxygens (including phenoxy) is 3. The normalized spacial score (nSPS) is 16.1. The first-order chi connectivity index (χ1) is 9.37. The highest BCUT2D eigenvalue weighted by atomic mass is 79.9. The molecule has 4 nitrogen and oxygen atoms in total. The Labute approximate surface area is 121 Å². The minimum Gasteiger partial charge on any atom is -0.486 e. The maximum Gasteiger partial charge on any atom is 0.411 e. The van der Waals surface area contributed by atoms with Gasteiger partial charge in [0.05, 0.1) is 6.61 Å². The average Bonchev–Trinajstić information content (AvgIpc) is 2.36. The van der Waals surface area contributed by atoms with Gasteiger partial charge in [-0.1, -0.05) is 15.9 Å². The number of fused-ring (bicyclic) bond motifs is 1. The van der Waals surface area contributed by atoms with Crippen molar-refractivity contribution in [1.82, 2.24) is 0 Å². The molecule has 0 radical (unpaired) electrons. The zero-order valence-corrected chi connectivity index (χ0v) is 11.8. The third-order valence-electron chi connectivity index (χ3n) is 2.56. The van der Waals surface area contributed by atoms with E-state index in [-0.39, 0.29) is 0 Å². The van der Waals surface area contributed by atoms with E-state index in [1.807, 2.05) is 0 Å². The highest BCUT2D eigenvalue weighted by Gasteiger charge is 2.28. The Morgan fingerprint density at radius 2 is 1.85 bits per heavy atom. The molecule has 0 aliphatic carbocycles. The van der Waals surface area contributed by atoms with Crippen molar-refractivity contribution in [2.24, 2.45) is 0 Å². The van der Waals surface area contributed by atoms with Crippen LogP contribution in [0, 0.1) is 0 Å². The van der Waals surface area contributed by atoms with Crippen LogP contribution in [0.1, 0.15) is 11.7 Å². The maximum absolute atomic E-state index is 12.0. The number of rotatable bonds is 4. The van der Waals surface area contributed by atoms with E-state index < -0.39 is 25.5 Å². The summed E-state index contributed by atoms with van der Waals surface area (Å²) in [7, 11) is 0. The summed E-state index contributed by atoms with van der Waals surface area (Å²) in [5.41, 5.74) is 0.386. The molecule has 0 aromatic heterocycles. The Bertz CT molecular complexity index is 479. The standard InChI is InChI=1S/C12H12BrF3O4/c13-8-4-11-10(19-1-2-20-11)3-7(8)9(17)5-18-6-12(14,15)16/h3-4,9,17H,1-2,5-6H2. The van der Waals surface area contributed by atoms with E-state index in [9.17, 15) is 18.3 Å². The minimum absolute atomic E-state index is 0.384. The van der Waals surface area contributed by atoms with Gasteiger partial charge in [0.25, 0.3) is 0 Å². The SMILES string of the molecule is OC(COCC(F)(F)F)c1cc2c(cc1Br)OCCO2. The van der Waals surface area contributed by atoms with Crippen LogP contribution in [0.25, 0.3) is 0 Å². The van der Waals surface area contributed by atoms with E-state index in [0.717, 1.165) is 0 Å². The Morgan fingerprint density at radius 1 is 1.25 bits per heavy atom. The molecule has 0 bridgehead atoms. The largest absolute Gasteiger partial charge is 0.486 e. The third-order valence-corrected chi connectivity index (χ3v) is 3.25. The molecule has 0 saturated carbocycles. The van der Waals surface area contributed by atoms with Gasteiger partial charge in [0.2, 0.25) is 0 Å². The molecule has 0 saturated heterocycles. The summed E-state index contributed by atoms with van der Waals surface area (Å²) < 4.78 is 51.5. The fraction of sp³-hybridized carbons (Fsp3) is 0.500. The van der Waals surface area contributed by atoms with Crippen LogP contribution in [0.3, 0.4) is 0 Å². The van der Waals surface area contributed by atoms with Gasteiger partial charge < -0.3 is 19.3 Å². The number of aliphatic hydroxyl groups is 1. The van der Waals surface area contributed by atoms with Gasteiger partial charge in [0.15, 0.2) is 11.5 Å². The van der Waals surface area contributed by atoms with Crippen molar-refractivity contribution >= 4 is 15.9 Å². The molecule has 20 heavy (non-hydrogen) atoms. The Hall–Kier alpha value is -0.990. The summed E-state index contributed by atoms with van der Waals surface area (Å²) in [5.74, 6) is 0.972. The first-order valence-corrected chi connectivity index (χ1v) is 6.58. The molecule has 8 heteroatoms. The van der Waals surface area contributed by atoms with Crippen LogP contribution in [0.2, 0.25) is 0 Å². The van der Waals surface area contributed by atoms with Crippen molar-refractivity contribution in [1.29, 1.82) is 0 Å². The lowest BCUT2D eigenvalue weighted by Gasteiger charge is -2.21. The van der Waals surface area contributed by atoms with Crippen LogP contribution in [-0.4, -0.2) is 37.7 Å². The van der Waals surface area contributed by atoms with Gasteiger partial charge in [-0.2, -0.15) is 13.2 Å². The molecule has 1 aliphatic heterocycles. The molecular formula is C12H12BrF3O4. The lowest BCUT2D eigenvalue weighted by atomic mass is 10.1. The summed E-state index contributed by atoms with van der Waals surface area (Å²) >= 11 is 3.23. The van der Waals surface area contributed by atoms with Crippen molar-refractivity contribution < 1.29 is 32.5 Å². The molecule has 1 unspecified atom stereocenters. The molecule has 0 fully saturated rings. The molecule has 0 amide bonds. The maximum atomic E-state index is 12.0. The van der Waals surface area contributed by atoms with E-state index in [2.05, 4.69) is 20.7 Å². The molecular weight excluding hydrogens is 345 g/mol. The lowest BCUT2D eigenvalue weighted by molar-refractivity contribution is -0.179. The first kappa shape index (κ1) is 15.4. The highest BCUT2D eigenvalue weighted by Crippen LogP contribution is 2.37. The van der Waals surface area contributed by atoms with Gasteiger partial charge >= 0.3 is 6.18 Å². The quantitative estimate of drug-likeness (QED) is 0.901. The van der Waals surface area contributed by atoms with E-state index in [0.29, 0.717) is 34.7 Å². The summed E-state index contributed by atoms with van der Waals surface area (Å²) in [6.07, 6.45) is -5.61. The number of hydrogen-bond donors (Lipinski definition) is 1. The predicted molar refractivity (Wildman–Crippen MR) is 67.0 cm³/mol. The number of aliphatic hydroxyl groups excluding tert-OH is 1. The third kappa shape index (κ3) is 4.00. The van der Waals surface area contributed by atoms with Crippen LogP contribution >= 0.6 is 15.9 Å². The van der Waals surface area contributed by atoms with Gasteiger partial charge in [-0.15, -0.1) is 0 Å². The summed E-state index contributed by atoms with van der Waals surface area (Å²) in [5, 5.41) is 9.88. The molecule has 1 aromatic carbocycles. The van der Waals surface area contributed by atoms with Crippen molar-refractivity contribution in [3.05, 3.63) is 22.2 Å². The average molecular weight is 357 g/mol. The second-order valence-electron chi connectivity index (χ2n) is 4.16. The fourth-order valence-electron chi connectivity index (χ4n) is 1.71. The van der Waals surface area contributed by atoms with Crippen LogP contribution in [-0.2, 0) is 4.74 Å². The molecule has 0 spiro atoms. The Kier molecular flexibility index (Phi) is 4.77. The van der Waals surface area contributed by atoms with Crippen LogP contribution in [0.5, 0.6) is 11.5 Å². The Balaban J connectivity index is 2.04. The molecule has 1 aliphatic rings. The van der Waals surface area contributed by atoms with E-state index in [1.54, 1.807) is 6.07 Å². The summed E-state index contributed by atoms with van der Waals surface area (Å²) in [4.78, 5) is 0. The lowest BCUT2D eigenvalue weighted by Crippen LogP contribution is -2.20. The number of benzene rings is 1. The topological polar surface area (TPSA) is 47.9 Å². The zero-order chi connectivity index (χ0) is 14.8. The second-order valence-corrected chi connectivity index (χ2v) is 5.02. The fourth-order valence-corrected chi connectivity index (χ4v) is 2.30. The second kappa shape index (κ2) is 6.19. The van der Waals surface area contributed by atoms with E-state index >= 15 is 0 Å². The van der Waals surface area contributed by atoms with Crippen LogP contribution in [0.4, 0.5) is 13.2 Å². The molecule has 1 aromatic rings. The number of hydrogen-bond acceptors (Lipinski definition) is 4. The van der Waals surface area contributed by atoms with Gasteiger partial charge in [-0.05, 0) is 12.1 Å². The van der Waals surface area contributed by atoms with Crippen LogP contribution in [0.15, 0.2) is 16.6 Å². The molecule has 112 valence electrons. The monoisotopic (exact) mass is 356 g/mol. The van der Waals surface area contributed by atoms with Crippen molar-refractivity contribution in [3.63, 3.8) is 0 Å². The van der Waals surface area contributed by atoms with E-state index in [1.165, 1.54) is 6.07 Å². The molecule has 2 rings (SSSR count). The van der Waals surface area contributed by atoms with Gasteiger partial charge in [-0.25, -0.2) is 0 Å². The van der Waals surface area contributed by atoms with Gasteiger partial charge in [0.1, 0.15) is 25.9 Å². The van der Waals surface area contributed by atoms with Crippen molar-refractivity contribution in [2.75, 3.05) is 26.4 Å². The van der Waals surface area contributed by atoms with Gasteiger partial charge in [0, 0.05) is 10.0 Å². The number of alkyl halides is 3. The first-order valence-electron chi connectivity index (χ1n) is 5.78. The number of halogens is 4. The summed E-state index contributed by atoms with van der Waals surface area (Å²) in [6.45, 7) is -1.05. The summed E-state index contributed by atoms with van der Waals surface area (Å²) in [6, 6.07) is 3.14.